The van der Waals surface area contributed by atoms with Crippen molar-refractivity contribution >= 4 is 0 Å². The lowest BCUT2D eigenvalue weighted by Gasteiger charge is -2.31. The summed E-state index contributed by atoms with van der Waals surface area (Å²) in [7, 11) is 0. The van der Waals surface area contributed by atoms with Crippen LogP contribution in [0.3, 0.4) is 0 Å². The smallest absolute Gasteiger partial charge is 0.295 e. The minimum absolute atomic E-state index is 0.146. The van der Waals surface area contributed by atoms with E-state index in [1.165, 1.54) is 0 Å². The third-order valence-corrected chi connectivity index (χ3v) is 0.936. The molecule has 7 N–H and O–H groups in total. The summed E-state index contributed by atoms with van der Waals surface area (Å²) in [5.41, 5.74) is 4.55. The molecular formula is C4H12N2O4. The van der Waals surface area contributed by atoms with Crippen molar-refractivity contribution in [2.24, 2.45) is 5.73 Å². The summed E-state index contributed by atoms with van der Waals surface area (Å²) in [5.74, 6) is -5.93. The molecule has 0 unspecified atom stereocenters. The first-order valence-corrected chi connectivity index (χ1v) is 2.74. The Morgan fingerprint density at radius 3 is 1.80 bits per heavy atom. The molecule has 0 aromatic heterocycles. The van der Waals surface area contributed by atoms with E-state index in [4.69, 9.17) is 20.4 Å². The maximum atomic E-state index is 8.67. The topological polar surface area (TPSA) is 119 Å². The van der Waals surface area contributed by atoms with Crippen LogP contribution in [0.5, 0.6) is 0 Å². The van der Waals surface area contributed by atoms with E-state index in [1.54, 1.807) is 6.92 Å². The molecule has 0 atom stereocenters. The van der Waals surface area contributed by atoms with Gasteiger partial charge in [-0.25, -0.2) is 0 Å². The zero-order valence-electron chi connectivity index (χ0n) is 5.57. The lowest BCUT2D eigenvalue weighted by atomic mass is 10.3. The molecule has 0 heterocycles. The van der Waals surface area contributed by atoms with Crippen molar-refractivity contribution in [3.8, 4) is 0 Å². The molecule has 0 aliphatic rings. The van der Waals surface area contributed by atoms with Gasteiger partial charge in [-0.3, -0.25) is 11.1 Å². The van der Waals surface area contributed by atoms with Gasteiger partial charge in [0.25, 0.3) is 11.8 Å². The van der Waals surface area contributed by atoms with E-state index in [1.807, 2.05) is 5.32 Å². The summed E-state index contributed by atoms with van der Waals surface area (Å²) in [4.78, 5) is 0. The highest BCUT2D eigenvalue weighted by molar-refractivity contribution is 4.72. The molecule has 0 radical (unpaired) electrons. The SMILES string of the molecule is CCNC(O)(O)C(N)(O)O. The molecule has 0 aromatic carbocycles. The van der Waals surface area contributed by atoms with Gasteiger partial charge in [-0.15, -0.1) is 0 Å². The van der Waals surface area contributed by atoms with Crippen LogP contribution in [0.2, 0.25) is 0 Å². The number of rotatable bonds is 3. The van der Waals surface area contributed by atoms with E-state index >= 15 is 0 Å². The average molecular weight is 152 g/mol. The van der Waals surface area contributed by atoms with Gasteiger partial charge in [0.15, 0.2) is 0 Å². The largest absolute Gasteiger partial charge is 0.348 e. The summed E-state index contributed by atoms with van der Waals surface area (Å²) in [6, 6.07) is 0. The highest BCUT2D eigenvalue weighted by Crippen LogP contribution is 2.05. The lowest BCUT2D eigenvalue weighted by Crippen LogP contribution is -2.68. The minimum atomic E-state index is -3.05. The zero-order chi connectivity index (χ0) is 8.41. The third kappa shape index (κ3) is 2.18. The van der Waals surface area contributed by atoms with E-state index in [0.717, 1.165) is 0 Å². The van der Waals surface area contributed by atoms with Crippen LogP contribution in [0.15, 0.2) is 0 Å². The molecular weight excluding hydrogens is 140 g/mol. The molecule has 0 aliphatic carbocycles. The third-order valence-electron chi connectivity index (χ3n) is 0.936. The Morgan fingerprint density at radius 2 is 1.70 bits per heavy atom. The second-order valence-corrected chi connectivity index (χ2v) is 1.93. The zero-order valence-corrected chi connectivity index (χ0v) is 5.57. The number of nitrogens with one attached hydrogen (secondary N) is 1. The van der Waals surface area contributed by atoms with Gasteiger partial charge >= 0.3 is 0 Å². The fourth-order valence-corrected chi connectivity index (χ4v) is 0.377. The number of hydrogen-bond acceptors (Lipinski definition) is 6. The Bertz CT molecular complexity index is 108. The van der Waals surface area contributed by atoms with Crippen molar-refractivity contribution < 1.29 is 20.4 Å². The fourth-order valence-electron chi connectivity index (χ4n) is 0.377. The van der Waals surface area contributed by atoms with Crippen LogP contribution in [-0.2, 0) is 0 Å². The highest BCUT2D eigenvalue weighted by Gasteiger charge is 2.43. The van der Waals surface area contributed by atoms with Crippen LogP contribution in [0.25, 0.3) is 0 Å². The number of likely N-dealkylation sites (N-methyl/N-ethyl adjacent to an activating group) is 1. The monoisotopic (exact) mass is 152 g/mol. The van der Waals surface area contributed by atoms with Crippen LogP contribution in [-0.4, -0.2) is 38.8 Å². The Morgan fingerprint density at radius 1 is 1.30 bits per heavy atom. The normalized spacial score (nSPS) is 13.8. The van der Waals surface area contributed by atoms with Gasteiger partial charge in [0.2, 0.25) is 0 Å². The molecule has 0 saturated carbocycles. The van der Waals surface area contributed by atoms with Crippen LogP contribution in [0.1, 0.15) is 6.92 Å². The lowest BCUT2D eigenvalue weighted by molar-refractivity contribution is -0.367. The van der Waals surface area contributed by atoms with Crippen molar-refractivity contribution in [2.75, 3.05) is 6.54 Å². The fraction of sp³-hybridized carbons (Fsp3) is 1.00. The van der Waals surface area contributed by atoms with E-state index in [-0.39, 0.29) is 6.54 Å². The molecule has 62 valence electrons. The van der Waals surface area contributed by atoms with Crippen LogP contribution < -0.4 is 11.1 Å². The molecule has 6 heteroatoms. The van der Waals surface area contributed by atoms with Gasteiger partial charge in [0, 0.05) is 0 Å². The van der Waals surface area contributed by atoms with E-state index in [9.17, 15) is 0 Å². The summed E-state index contributed by atoms with van der Waals surface area (Å²) >= 11 is 0. The van der Waals surface area contributed by atoms with Gasteiger partial charge < -0.3 is 20.4 Å². The van der Waals surface area contributed by atoms with Crippen LogP contribution in [0.4, 0.5) is 0 Å². The van der Waals surface area contributed by atoms with Gasteiger partial charge in [0.05, 0.1) is 0 Å². The maximum absolute atomic E-state index is 8.67. The molecule has 0 bridgehead atoms. The standard InChI is InChI=1S/C4H12N2O4/c1-2-6-4(9,10)3(5,7)8/h6-10H,2,5H2,1H3. The molecule has 0 spiro atoms. The molecule has 0 rings (SSSR count). The second-order valence-electron chi connectivity index (χ2n) is 1.93. The van der Waals surface area contributed by atoms with Gasteiger partial charge in [-0.2, -0.15) is 0 Å². The second kappa shape index (κ2) is 2.79. The predicted molar refractivity (Wildman–Crippen MR) is 32.2 cm³/mol. The van der Waals surface area contributed by atoms with Gasteiger partial charge in [0.1, 0.15) is 0 Å². The van der Waals surface area contributed by atoms with E-state index in [0.29, 0.717) is 0 Å². The summed E-state index contributed by atoms with van der Waals surface area (Å²) in [6.07, 6.45) is 0. The Labute approximate surface area is 57.9 Å². The summed E-state index contributed by atoms with van der Waals surface area (Å²) in [5, 5.41) is 36.2. The maximum Gasteiger partial charge on any atom is 0.295 e. The van der Waals surface area contributed by atoms with Gasteiger partial charge in [-0.05, 0) is 6.54 Å². The van der Waals surface area contributed by atoms with Crippen molar-refractivity contribution in [1.29, 1.82) is 0 Å². The number of aliphatic hydroxyl groups is 4. The van der Waals surface area contributed by atoms with E-state index < -0.39 is 11.8 Å². The Balaban J connectivity index is 4.10. The molecule has 0 aliphatic heterocycles. The first-order chi connectivity index (χ1) is 4.31. The summed E-state index contributed by atoms with van der Waals surface area (Å²) in [6.45, 7) is 1.69. The Kier molecular flexibility index (Phi) is 2.72. The molecule has 0 amide bonds. The van der Waals surface area contributed by atoms with E-state index in [2.05, 4.69) is 5.73 Å². The van der Waals surface area contributed by atoms with Crippen molar-refractivity contribution in [3.63, 3.8) is 0 Å². The molecule has 0 fully saturated rings. The summed E-state index contributed by atoms with van der Waals surface area (Å²) < 4.78 is 0. The first-order valence-electron chi connectivity index (χ1n) is 2.74. The highest BCUT2D eigenvalue weighted by atomic mass is 16.6. The Hall–Kier alpha value is -0.240. The quantitative estimate of drug-likeness (QED) is 0.237. The molecule has 0 aromatic rings. The van der Waals surface area contributed by atoms with Crippen molar-refractivity contribution in [1.82, 2.24) is 5.32 Å². The molecule has 10 heavy (non-hydrogen) atoms. The average Bonchev–Trinajstić information content (AvgIpc) is 1.61. The minimum Gasteiger partial charge on any atom is -0.348 e. The number of nitrogens with two attached hydrogens (primary N) is 1. The van der Waals surface area contributed by atoms with Crippen molar-refractivity contribution in [2.45, 2.75) is 18.7 Å². The predicted octanol–water partition coefficient (Wildman–Crippen LogP) is -3.17. The first kappa shape index (κ1) is 9.76. The molecule has 6 nitrogen and oxygen atoms in total. The van der Waals surface area contributed by atoms with Crippen molar-refractivity contribution in [3.05, 3.63) is 0 Å². The van der Waals surface area contributed by atoms with Gasteiger partial charge in [-0.1, -0.05) is 6.92 Å². The van der Waals surface area contributed by atoms with Crippen LogP contribution >= 0.6 is 0 Å². The molecule has 0 saturated heterocycles. The van der Waals surface area contributed by atoms with Crippen LogP contribution in [0, 0.1) is 0 Å². The number of hydrogen-bond donors (Lipinski definition) is 6.